The summed E-state index contributed by atoms with van der Waals surface area (Å²) in [4.78, 5) is 25.1. The molecule has 20 heavy (non-hydrogen) atoms. The fraction of sp³-hybridized carbons (Fsp3) is 0.500. The molecule has 1 fully saturated rings. The van der Waals surface area contributed by atoms with Crippen molar-refractivity contribution in [1.29, 1.82) is 0 Å². The van der Waals surface area contributed by atoms with Gasteiger partial charge in [-0.15, -0.1) is 0 Å². The molecule has 4 heteroatoms. The van der Waals surface area contributed by atoms with Gasteiger partial charge in [0.15, 0.2) is 0 Å². The van der Waals surface area contributed by atoms with E-state index in [0.29, 0.717) is 12.5 Å². The first kappa shape index (κ1) is 13.2. The van der Waals surface area contributed by atoms with Gasteiger partial charge in [-0.2, -0.15) is 0 Å². The number of hydrogen-bond donors (Lipinski definition) is 1. The van der Waals surface area contributed by atoms with E-state index < -0.39 is 5.97 Å². The van der Waals surface area contributed by atoms with Crippen LogP contribution in [0.1, 0.15) is 24.0 Å². The van der Waals surface area contributed by atoms with Crippen LogP contribution in [0.4, 0.5) is 0 Å². The largest absolute Gasteiger partial charge is 0.480 e. The van der Waals surface area contributed by atoms with Crippen LogP contribution in [0, 0.1) is 11.8 Å². The summed E-state index contributed by atoms with van der Waals surface area (Å²) in [5.74, 6) is -0.474. The highest BCUT2D eigenvalue weighted by molar-refractivity contribution is 5.84. The van der Waals surface area contributed by atoms with Crippen LogP contribution < -0.4 is 0 Å². The van der Waals surface area contributed by atoms with Crippen LogP contribution in [0.25, 0.3) is 0 Å². The molecule has 0 aromatic heterocycles. The maximum absolute atomic E-state index is 12.6. The quantitative estimate of drug-likeness (QED) is 0.888. The molecule has 0 bridgehead atoms. The van der Waals surface area contributed by atoms with Gasteiger partial charge in [0.2, 0.25) is 5.91 Å². The number of rotatable bonds is 5. The molecule has 0 aliphatic heterocycles. The van der Waals surface area contributed by atoms with Gasteiger partial charge >= 0.3 is 5.97 Å². The van der Waals surface area contributed by atoms with Crippen molar-refractivity contribution in [2.24, 2.45) is 11.8 Å². The van der Waals surface area contributed by atoms with Gasteiger partial charge in [0, 0.05) is 12.5 Å². The van der Waals surface area contributed by atoms with Crippen molar-refractivity contribution in [3.63, 3.8) is 0 Å². The van der Waals surface area contributed by atoms with E-state index in [9.17, 15) is 9.59 Å². The van der Waals surface area contributed by atoms with Gasteiger partial charge < -0.3 is 10.0 Å². The molecular formula is C16H19NO3. The summed E-state index contributed by atoms with van der Waals surface area (Å²) >= 11 is 0. The fourth-order valence-corrected chi connectivity index (χ4v) is 3.00. The topological polar surface area (TPSA) is 57.6 Å². The van der Waals surface area contributed by atoms with E-state index in [1.807, 2.05) is 12.1 Å². The highest BCUT2D eigenvalue weighted by Gasteiger charge is 2.34. The lowest BCUT2D eigenvalue weighted by atomic mass is 10.0. The summed E-state index contributed by atoms with van der Waals surface area (Å²) in [7, 11) is 0. The molecule has 1 N–H and O–H groups in total. The molecule has 0 unspecified atom stereocenters. The van der Waals surface area contributed by atoms with Crippen LogP contribution in [-0.2, 0) is 22.4 Å². The number of fused-ring (bicyclic) bond motifs is 1. The van der Waals surface area contributed by atoms with Crippen molar-refractivity contribution >= 4 is 11.9 Å². The van der Waals surface area contributed by atoms with Crippen molar-refractivity contribution in [1.82, 2.24) is 4.90 Å². The average molecular weight is 273 g/mol. The Balaban J connectivity index is 1.69. The first-order chi connectivity index (χ1) is 9.63. The SMILES string of the molecule is O=C(O)CN(CC1CC1)C(=O)C1Cc2ccccc2C1. The van der Waals surface area contributed by atoms with Crippen LogP contribution in [0.3, 0.4) is 0 Å². The Morgan fingerprint density at radius 3 is 2.25 bits per heavy atom. The third kappa shape index (κ3) is 2.84. The number of amides is 1. The third-order valence-electron chi connectivity index (χ3n) is 4.21. The van der Waals surface area contributed by atoms with Crippen LogP contribution in [0.2, 0.25) is 0 Å². The highest BCUT2D eigenvalue weighted by atomic mass is 16.4. The summed E-state index contributed by atoms with van der Waals surface area (Å²) in [5.41, 5.74) is 2.46. The van der Waals surface area contributed by atoms with Crippen molar-refractivity contribution in [2.75, 3.05) is 13.1 Å². The normalized spacial score (nSPS) is 17.8. The molecule has 4 nitrogen and oxygen atoms in total. The van der Waals surface area contributed by atoms with Crippen molar-refractivity contribution in [3.05, 3.63) is 35.4 Å². The number of carboxylic acids is 1. The predicted molar refractivity (Wildman–Crippen MR) is 74.3 cm³/mol. The van der Waals surface area contributed by atoms with Crippen LogP contribution >= 0.6 is 0 Å². The van der Waals surface area contributed by atoms with E-state index in [4.69, 9.17) is 5.11 Å². The Bertz CT molecular complexity index is 511. The maximum Gasteiger partial charge on any atom is 0.323 e. The molecule has 0 atom stereocenters. The molecule has 3 rings (SSSR count). The molecule has 1 amide bonds. The van der Waals surface area contributed by atoms with E-state index in [0.717, 1.165) is 25.7 Å². The second-order valence-electron chi connectivity index (χ2n) is 5.93. The van der Waals surface area contributed by atoms with E-state index in [-0.39, 0.29) is 18.4 Å². The van der Waals surface area contributed by atoms with Gasteiger partial charge in [-0.1, -0.05) is 24.3 Å². The molecule has 1 aromatic carbocycles. The van der Waals surface area contributed by atoms with Crippen molar-refractivity contribution in [2.45, 2.75) is 25.7 Å². The molecular weight excluding hydrogens is 254 g/mol. The minimum Gasteiger partial charge on any atom is -0.480 e. The molecule has 1 saturated carbocycles. The van der Waals surface area contributed by atoms with Crippen LogP contribution in [0.5, 0.6) is 0 Å². The molecule has 0 saturated heterocycles. The lowest BCUT2D eigenvalue weighted by Crippen LogP contribution is -2.41. The molecule has 106 valence electrons. The number of nitrogens with zero attached hydrogens (tertiary/aromatic N) is 1. The third-order valence-corrected chi connectivity index (χ3v) is 4.21. The standard InChI is InChI=1S/C16H19NO3/c18-15(19)10-17(9-11-5-6-11)16(20)14-7-12-3-1-2-4-13(12)8-14/h1-4,11,14H,5-10H2,(H,18,19). The van der Waals surface area contributed by atoms with Gasteiger partial charge in [0.25, 0.3) is 0 Å². The van der Waals surface area contributed by atoms with Crippen LogP contribution in [-0.4, -0.2) is 35.0 Å². The first-order valence-electron chi connectivity index (χ1n) is 7.21. The van der Waals surface area contributed by atoms with Crippen molar-refractivity contribution in [3.8, 4) is 0 Å². The van der Waals surface area contributed by atoms with Crippen molar-refractivity contribution < 1.29 is 14.7 Å². The minimum atomic E-state index is -0.922. The number of aliphatic carboxylic acids is 1. The number of carbonyl (C=O) groups is 2. The smallest absolute Gasteiger partial charge is 0.323 e. The zero-order valence-electron chi connectivity index (χ0n) is 11.4. The van der Waals surface area contributed by atoms with E-state index >= 15 is 0 Å². The summed E-state index contributed by atoms with van der Waals surface area (Å²) in [6.07, 6.45) is 3.73. The number of carbonyl (C=O) groups excluding carboxylic acids is 1. The highest BCUT2D eigenvalue weighted by Crippen LogP contribution is 2.32. The van der Waals surface area contributed by atoms with Gasteiger partial charge in [0.1, 0.15) is 6.54 Å². The second-order valence-corrected chi connectivity index (χ2v) is 5.93. The number of hydrogen-bond acceptors (Lipinski definition) is 2. The number of benzene rings is 1. The molecule has 0 radical (unpaired) electrons. The van der Waals surface area contributed by atoms with Crippen LogP contribution in [0.15, 0.2) is 24.3 Å². The predicted octanol–water partition coefficient (Wildman–Crippen LogP) is 1.72. The average Bonchev–Trinajstić information content (AvgIpc) is 3.12. The number of carboxylic acid groups (broad SMARTS) is 1. The zero-order chi connectivity index (χ0) is 14.1. The Morgan fingerprint density at radius 1 is 1.15 bits per heavy atom. The summed E-state index contributed by atoms with van der Waals surface area (Å²) in [6, 6.07) is 8.10. The Kier molecular flexibility index (Phi) is 3.47. The molecule has 0 heterocycles. The molecule has 2 aliphatic carbocycles. The second kappa shape index (κ2) is 5.27. The van der Waals surface area contributed by atoms with E-state index in [1.54, 1.807) is 4.90 Å². The van der Waals surface area contributed by atoms with E-state index in [2.05, 4.69) is 12.1 Å². The monoisotopic (exact) mass is 273 g/mol. The first-order valence-corrected chi connectivity index (χ1v) is 7.21. The van der Waals surface area contributed by atoms with Gasteiger partial charge in [-0.3, -0.25) is 9.59 Å². The lowest BCUT2D eigenvalue weighted by Gasteiger charge is -2.23. The molecule has 0 spiro atoms. The molecule has 2 aliphatic rings. The Morgan fingerprint density at radius 2 is 1.75 bits per heavy atom. The summed E-state index contributed by atoms with van der Waals surface area (Å²) in [6.45, 7) is 0.445. The minimum absolute atomic E-state index is 0.00972. The van der Waals surface area contributed by atoms with E-state index in [1.165, 1.54) is 11.1 Å². The summed E-state index contributed by atoms with van der Waals surface area (Å²) < 4.78 is 0. The van der Waals surface area contributed by atoms with Gasteiger partial charge in [0.05, 0.1) is 0 Å². The molecule has 1 aromatic rings. The van der Waals surface area contributed by atoms with Gasteiger partial charge in [-0.25, -0.2) is 0 Å². The zero-order valence-corrected chi connectivity index (χ0v) is 11.4. The summed E-state index contributed by atoms with van der Waals surface area (Å²) in [5, 5.41) is 8.99. The Labute approximate surface area is 118 Å². The fourth-order valence-electron chi connectivity index (χ4n) is 3.00. The lowest BCUT2D eigenvalue weighted by molar-refractivity contribution is -0.146. The Hall–Kier alpha value is -1.84. The maximum atomic E-state index is 12.6. The van der Waals surface area contributed by atoms with Gasteiger partial charge in [-0.05, 0) is 42.7 Å².